The molecule has 156 valence electrons. The van der Waals surface area contributed by atoms with Gasteiger partial charge in [0.25, 0.3) is 0 Å². The lowest BCUT2D eigenvalue weighted by molar-refractivity contribution is -0.121. The maximum absolute atomic E-state index is 14.1. The molecule has 1 aliphatic rings. The van der Waals surface area contributed by atoms with Gasteiger partial charge in [-0.25, -0.2) is 8.78 Å². The van der Waals surface area contributed by atoms with Gasteiger partial charge in [0, 0.05) is 36.7 Å². The van der Waals surface area contributed by atoms with Crippen LogP contribution in [0, 0.1) is 17.6 Å². The van der Waals surface area contributed by atoms with Gasteiger partial charge < -0.3 is 15.3 Å². The van der Waals surface area contributed by atoms with Crippen LogP contribution in [0.3, 0.4) is 0 Å². The highest BCUT2D eigenvalue weighted by Gasteiger charge is 2.33. The molecule has 3 rings (SSSR count). The third-order valence-electron chi connectivity index (χ3n) is 5.65. The Bertz CT molecular complexity index is 815. The molecule has 1 aliphatic carbocycles. The smallest absolute Gasteiger partial charge is 0.220 e. The van der Waals surface area contributed by atoms with E-state index in [9.17, 15) is 18.7 Å². The van der Waals surface area contributed by atoms with Crippen LogP contribution in [0.25, 0.3) is 0 Å². The summed E-state index contributed by atoms with van der Waals surface area (Å²) in [6, 6.07) is 11.6. The van der Waals surface area contributed by atoms with Crippen molar-refractivity contribution < 1.29 is 18.7 Å². The van der Waals surface area contributed by atoms with Crippen molar-refractivity contribution in [2.45, 2.75) is 37.6 Å². The van der Waals surface area contributed by atoms with Gasteiger partial charge in [-0.2, -0.15) is 0 Å². The number of benzene rings is 2. The number of hydrogen-bond acceptors (Lipinski definition) is 3. The molecule has 0 aliphatic heterocycles. The van der Waals surface area contributed by atoms with Gasteiger partial charge >= 0.3 is 0 Å². The zero-order valence-electron chi connectivity index (χ0n) is 16.9. The second-order valence-corrected chi connectivity index (χ2v) is 8.07. The van der Waals surface area contributed by atoms with E-state index < -0.39 is 17.4 Å². The summed E-state index contributed by atoms with van der Waals surface area (Å²) in [5.74, 6) is -1.29. The van der Waals surface area contributed by atoms with Gasteiger partial charge in [0.1, 0.15) is 17.4 Å². The van der Waals surface area contributed by atoms with Crippen molar-refractivity contribution in [2.75, 3.05) is 20.6 Å². The molecule has 0 radical (unpaired) electrons. The van der Waals surface area contributed by atoms with Crippen molar-refractivity contribution in [3.05, 3.63) is 65.2 Å². The maximum atomic E-state index is 14.1. The van der Waals surface area contributed by atoms with Crippen molar-refractivity contribution in [1.29, 1.82) is 0 Å². The summed E-state index contributed by atoms with van der Waals surface area (Å²) < 4.78 is 28.2. The number of nitrogens with zero attached hydrogens (tertiary/aromatic N) is 1. The second kappa shape index (κ2) is 9.35. The number of aromatic hydroxyl groups is 1. The molecular weight excluding hydrogens is 374 g/mol. The Labute approximate surface area is 170 Å². The molecule has 1 saturated carbocycles. The number of rotatable bonds is 9. The van der Waals surface area contributed by atoms with Gasteiger partial charge in [-0.05, 0) is 50.8 Å². The van der Waals surface area contributed by atoms with Crippen molar-refractivity contribution in [1.82, 2.24) is 10.2 Å². The molecule has 0 unspecified atom stereocenters. The molecule has 0 bridgehead atoms. The van der Waals surface area contributed by atoms with Crippen molar-refractivity contribution >= 4 is 5.91 Å². The van der Waals surface area contributed by atoms with Crippen LogP contribution < -0.4 is 5.32 Å². The van der Waals surface area contributed by atoms with Crippen molar-refractivity contribution in [2.24, 2.45) is 5.92 Å². The van der Waals surface area contributed by atoms with E-state index in [2.05, 4.69) is 17.4 Å². The predicted octanol–water partition coefficient (Wildman–Crippen LogP) is 3.84. The second-order valence-electron chi connectivity index (χ2n) is 8.07. The van der Waals surface area contributed by atoms with E-state index >= 15 is 0 Å². The number of halogens is 2. The van der Waals surface area contributed by atoms with Gasteiger partial charge in [-0.1, -0.05) is 30.3 Å². The van der Waals surface area contributed by atoms with Gasteiger partial charge in [0.2, 0.25) is 5.91 Å². The molecule has 2 aromatic rings. The molecular formula is C23H28F2N2O2. The number of carbonyl (C=O) groups excluding carboxylic acids is 1. The van der Waals surface area contributed by atoms with Crippen LogP contribution in [0.1, 0.15) is 36.3 Å². The number of nitrogens with one attached hydrogen (secondary N) is 1. The quantitative estimate of drug-likeness (QED) is 0.670. The molecule has 0 heterocycles. The number of amides is 1. The average Bonchev–Trinajstić information content (AvgIpc) is 3.50. The first-order valence-electron chi connectivity index (χ1n) is 10.00. The number of carbonyl (C=O) groups is 1. The van der Waals surface area contributed by atoms with Gasteiger partial charge in [-0.15, -0.1) is 0 Å². The van der Waals surface area contributed by atoms with E-state index in [4.69, 9.17) is 0 Å². The first-order chi connectivity index (χ1) is 13.8. The summed E-state index contributed by atoms with van der Waals surface area (Å²) >= 11 is 0. The molecule has 1 fully saturated rings. The molecule has 2 atom stereocenters. The number of phenols is 1. The minimum Gasteiger partial charge on any atom is -0.508 e. The van der Waals surface area contributed by atoms with Gasteiger partial charge in [-0.3, -0.25) is 4.79 Å². The minimum atomic E-state index is -0.779. The van der Waals surface area contributed by atoms with Gasteiger partial charge in [0.15, 0.2) is 0 Å². The van der Waals surface area contributed by atoms with Crippen LogP contribution in [-0.4, -0.2) is 42.6 Å². The number of hydrogen-bond donors (Lipinski definition) is 2. The molecule has 0 aromatic heterocycles. The normalized spacial score (nSPS) is 15.9. The predicted molar refractivity (Wildman–Crippen MR) is 109 cm³/mol. The maximum Gasteiger partial charge on any atom is 0.220 e. The Balaban J connectivity index is 1.61. The zero-order valence-corrected chi connectivity index (χ0v) is 16.9. The van der Waals surface area contributed by atoms with Crippen LogP contribution in [0.15, 0.2) is 42.5 Å². The molecule has 6 heteroatoms. The Morgan fingerprint density at radius 2 is 1.79 bits per heavy atom. The Morgan fingerprint density at radius 1 is 1.17 bits per heavy atom. The summed E-state index contributed by atoms with van der Waals surface area (Å²) in [6.45, 7) is 0.289. The van der Waals surface area contributed by atoms with Crippen LogP contribution in [-0.2, 0) is 11.2 Å². The number of phenolic OH excluding ortho intramolecular Hbond substituents is 1. The Morgan fingerprint density at radius 3 is 2.34 bits per heavy atom. The summed E-state index contributed by atoms with van der Waals surface area (Å²) in [7, 11) is 3.62. The van der Waals surface area contributed by atoms with E-state index in [1.807, 2.05) is 37.2 Å². The summed E-state index contributed by atoms with van der Waals surface area (Å²) in [4.78, 5) is 14.4. The highest BCUT2D eigenvalue weighted by molar-refractivity contribution is 5.77. The summed E-state index contributed by atoms with van der Waals surface area (Å²) in [5, 5.41) is 12.3. The lowest BCUT2D eigenvalue weighted by atomic mass is 9.90. The highest BCUT2D eigenvalue weighted by atomic mass is 19.1. The Hall–Kier alpha value is -2.47. The van der Waals surface area contributed by atoms with E-state index in [0.717, 1.165) is 25.0 Å². The highest BCUT2D eigenvalue weighted by Crippen LogP contribution is 2.44. The van der Waals surface area contributed by atoms with Crippen molar-refractivity contribution in [3.63, 3.8) is 0 Å². The third kappa shape index (κ3) is 5.76. The summed E-state index contributed by atoms with van der Waals surface area (Å²) in [5.41, 5.74) is 1.10. The first-order valence-corrected chi connectivity index (χ1v) is 10.00. The van der Waals surface area contributed by atoms with Crippen LogP contribution in [0.4, 0.5) is 8.78 Å². The molecule has 0 spiro atoms. The fraction of sp³-hybridized carbons (Fsp3) is 0.435. The molecule has 2 aromatic carbocycles. The molecule has 0 saturated heterocycles. The lowest BCUT2D eigenvalue weighted by Gasteiger charge is -2.26. The van der Waals surface area contributed by atoms with Gasteiger partial charge in [0.05, 0.1) is 0 Å². The molecule has 4 nitrogen and oxygen atoms in total. The van der Waals surface area contributed by atoms with E-state index in [-0.39, 0.29) is 36.4 Å². The zero-order chi connectivity index (χ0) is 21.0. The number of likely N-dealkylation sites (N-methyl/N-ethyl adjacent to an activating group) is 1. The molecule has 2 N–H and O–H groups in total. The molecule has 1 amide bonds. The minimum absolute atomic E-state index is 0.0516. The van der Waals surface area contributed by atoms with Crippen LogP contribution in [0.5, 0.6) is 5.75 Å². The third-order valence-corrected chi connectivity index (χ3v) is 5.65. The summed E-state index contributed by atoms with van der Waals surface area (Å²) in [6.07, 6.45) is 2.80. The van der Waals surface area contributed by atoms with E-state index in [1.165, 1.54) is 5.56 Å². The standard InChI is InChI=1S/C23H28F2N2O2/c1-27(2)17(10-20-21(24)11-18(28)12-22(20)25)14-26-23(29)13-19(16-8-9-16)15-6-4-3-5-7-15/h3-7,11-12,16-17,19,28H,8-10,13-14H2,1-2H3,(H,26,29)/t17-,19-/m0/s1. The van der Waals surface area contributed by atoms with Crippen molar-refractivity contribution in [3.8, 4) is 5.75 Å². The van der Waals surface area contributed by atoms with Crippen LogP contribution >= 0.6 is 0 Å². The van der Waals surface area contributed by atoms with E-state index in [1.54, 1.807) is 0 Å². The fourth-order valence-electron chi connectivity index (χ4n) is 3.72. The topological polar surface area (TPSA) is 52.6 Å². The first kappa shape index (κ1) is 21.2. The lowest BCUT2D eigenvalue weighted by Crippen LogP contribution is -2.42. The Kier molecular flexibility index (Phi) is 6.85. The van der Waals surface area contributed by atoms with Crippen LogP contribution in [0.2, 0.25) is 0 Å². The fourth-order valence-corrected chi connectivity index (χ4v) is 3.72. The largest absolute Gasteiger partial charge is 0.508 e. The monoisotopic (exact) mass is 402 g/mol. The molecule has 29 heavy (non-hydrogen) atoms. The van der Waals surface area contributed by atoms with E-state index in [0.29, 0.717) is 12.3 Å². The SMILES string of the molecule is CN(C)[C@H](CNC(=O)C[C@@H](c1ccccc1)C1CC1)Cc1c(F)cc(O)cc1F. The average molecular weight is 402 g/mol.